The molecule has 0 saturated carbocycles. The van der Waals surface area contributed by atoms with Crippen molar-refractivity contribution < 1.29 is 62.3 Å². The van der Waals surface area contributed by atoms with E-state index in [1.165, 1.54) is 48.5 Å². The fourth-order valence-corrected chi connectivity index (χ4v) is 8.34. The molecule has 60 heavy (non-hydrogen) atoms. The van der Waals surface area contributed by atoms with E-state index in [0.717, 1.165) is 72.8 Å². The predicted molar refractivity (Wildman–Crippen MR) is 200 cm³/mol. The van der Waals surface area contributed by atoms with E-state index in [4.69, 9.17) is 0 Å². The summed E-state index contributed by atoms with van der Waals surface area (Å²) < 4.78 is 164. The molecule has 1 aliphatic carbocycles. The number of hydrogen-bond acceptors (Lipinski definition) is 6. The predicted octanol–water partition coefficient (Wildman–Crippen LogP) is 14.3. The number of ketones is 2. The van der Waals surface area contributed by atoms with Crippen LogP contribution in [-0.2, 0) is 24.7 Å². The Bertz CT molecular complexity index is 2310. The quantitative estimate of drug-likeness (QED) is 0.148. The van der Waals surface area contributed by atoms with E-state index in [1.54, 1.807) is 0 Å². The van der Waals surface area contributed by atoms with E-state index in [-0.39, 0.29) is 42.3 Å². The lowest BCUT2D eigenvalue weighted by atomic mass is 9.82. The van der Waals surface area contributed by atoms with Gasteiger partial charge in [-0.2, -0.15) is 52.7 Å². The summed E-state index contributed by atoms with van der Waals surface area (Å²) in [6, 6.07) is 20.7. The highest BCUT2D eigenvalue weighted by molar-refractivity contribution is 8.00. The Morgan fingerprint density at radius 2 is 0.683 bits per heavy atom. The standard InChI is InChI=1S/C42H22F12N2O2S2/c43-39(44,45)21-5-1-9-25(17-21)55-29-13-14-30(56-26-10-2-6-22(18-26)40(46,47)48)34-33(29)37(57)35-31(59-27-11-3-7-23(19-27)41(49,50)51)15-16-32(36(35)38(34)58)60-28-12-4-8-24(20-28)42(52,53)54/h1-20,55-56H. The first-order valence-corrected chi connectivity index (χ1v) is 18.7. The Kier molecular flexibility index (Phi) is 11.0. The molecule has 18 heteroatoms. The molecule has 1 aliphatic rings. The molecular weight excluding hydrogens is 857 g/mol. The molecule has 0 bridgehead atoms. The molecule has 0 unspecified atom stereocenters. The number of anilines is 4. The molecule has 0 heterocycles. The van der Waals surface area contributed by atoms with Crippen LogP contribution in [0.3, 0.4) is 0 Å². The van der Waals surface area contributed by atoms with E-state index < -0.39 is 80.8 Å². The normalized spacial score (nSPS) is 13.2. The smallest absolute Gasteiger partial charge is 0.355 e. The monoisotopic (exact) mass is 878 g/mol. The number of benzene rings is 6. The van der Waals surface area contributed by atoms with Crippen LogP contribution in [-0.4, -0.2) is 11.6 Å². The molecule has 0 aromatic heterocycles. The Hall–Kier alpha value is -5.88. The molecule has 0 amide bonds. The van der Waals surface area contributed by atoms with Crippen LogP contribution in [0.2, 0.25) is 0 Å². The van der Waals surface area contributed by atoms with Crippen LogP contribution in [0, 0.1) is 0 Å². The van der Waals surface area contributed by atoms with Gasteiger partial charge in [-0.3, -0.25) is 9.59 Å². The Morgan fingerprint density at radius 1 is 0.367 bits per heavy atom. The maximum Gasteiger partial charge on any atom is 0.416 e. The van der Waals surface area contributed by atoms with Gasteiger partial charge in [0.05, 0.1) is 44.8 Å². The van der Waals surface area contributed by atoms with Crippen LogP contribution in [0.5, 0.6) is 0 Å². The van der Waals surface area contributed by atoms with Crippen molar-refractivity contribution in [2.75, 3.05) is 10.6 Å². The average molecular weight is 879 g/mol. The summed E-state index contributed by atoms with van der Waals surface area (Å²) >= 11 is 1.32. The van der Waals surface area contributed by atoms with Crippen molar-refractivity contribution in [2.45, 2.75) is 44.3 Å². The van der Waals surface area contributed by atoms with Gasteiger partial charge in [0.15, 0.2) is 11.6 Å². The second-order valence-electron chi connectivity index (χ2n) is 13.0. The Morgan fingerprint density at radius 3 is 1.02 bits per heavy atom. The molecule has 0 atom stereocenters. The van der Waals surface area contributed by atoms with Gasteiger partial charge >= 0.3 is 24.7 Å². The van der Waals surface area contributed by atoms with Crippen LogP contribution in [0.4, 0.5) is 75.4 Å². The zero-order valence-corrected chi connectivity index (χ0v) is 31.3. The number of nitrogens with one attached hydrogen (secondary N) is 2. The second-order valence-corrected chi connectivity index (χ2v) is 15.3. The molecule has 0 saturated heterocycles. The number of carbonyl (C=O) groups is 2. The fraction of sp³-hybridized carbons (Fsp3) is 0.0952. The molecule has 6 aromatic carbocycles. The number of carbonyl (C=O) groups excluding carboxylic acids is 2. The second kappa shape index (κ2) is 15.6. The fourth-order valence-electron chi connectivity index (χ4n) is 6.30. The highest BCUT2D eigenvalue weighted by Gasteiger charge is 2.40. The van der Waals surface area contributed by atoms with Crippen molar-refractivity contribution in [3.05, 3.63) is 166 Å². The molecular formula is C42H22F12N2O2S2. The molecule has 308 valence electrons. The van der Waals surface area contributed by atoms with E-state index >= 15 is 9.59 Å². The van der Waals surface area contributed by atoms with Crippen molar-refractivity contribution in [1.29, 1.82) is 0 Å². The first-order valence-electron chi connectivity index (χ1n) is 17.1. The van der Waals surface area contributed by atoms with E-state index in [0.29, 0.717) is 23.5 Å². The zero-order chi connectivity index (χ0) is 43.4. The van der Waals surface area contributed by atoms with Gasteiger partial charge in [0.2, 0.25) is 0 Å². The van der Waals surface area contributed by atoms with Gasteiger partial charge in [-0.1, -0.05) is 47.8 Å². The lowest BCUT2D eigenvalue weighted by molar-refractivity contribution is -0.138. The third-order valence-electron chi connectivity index (χ3n) is 8.96. The molecule has 4 nitrogen and oxygen atoms in total. The number of halogens is 12. The summed E-state index contributed by atoms with van der Waals surface area (Å²) in [4.78, 5) is 29.8. The summed E-state index contributed by atoms with van der Waals surface area (Å²) in [6.45, 7) is 0. The minimum absolute atomic E-state index is 0.0290. The van der Waals surface area contributed by atoms with Crippen molar-refractivity contribution in [1.82, 2.24) is 0 Å². The van der Waals surface area contributed by atoms with Gasteiger partial charge in [-0.05, 0) is 97.1 Å². The molecule has 7 rings (SSSR count). The Balaban J connectivity index is 1.44. The first kappa shape index (κ1) is 42.3. The highest BCUT2D eigenvalue weighted by Crippen LogP contribution is 2.48. The third kappa shape index (κ3) is 8.84. The number of alkyl halides is 12. The Labute approximate surface area is 340 Å². The van der Waals surface area contributed by atoms with Crippen molar-refractivity contribution in [3.8, 4) is 0 Å². The number of fused-ring (bicyclic) bond motifs is 2. The lowest BCUT2D eigenvalue weighted by Crippen LogP contribution is -2.25. The zero-order valence-electron chi connectivity index (χ0n) is 29.7. The van der Waals surface area contributed by atoms with Crippen LogP contribution in [0.1, 0.15) is 54.1 Å². The van der Waals surface area contributed by atoms with Crippen LogP contribution in [0.15, 0.2) is 141 Å². The largest absolute Gasteiger partial charge is 0.416 e. The van der Waals surface area contributed by atoms with E-state index in [9.17, 15) is 52.7 Å². The lowest BCUT2D eigenvalue weighted by Gasteiger charge is -2.27. The SMILES string of the molecule is O=C1c2c(Nc3cccc(C(F)(F)F)c3)ccc(Nc3cccc(C(F)(F)F)c3)c2C(=O)c2c(Sc3cccc(C(F)(F)F)c3)ccc(Sc3cccc(C(F)(F)F)c3)c21. The van der Waals surface area contributed by atoms with Gasteiger partial charge in [0.1, 0.15) is 0 Å². The minimum atomic E-state index is -4.79. The average Bonchev–Trinajstić information content (AvgIpc) is 3.17. The van der Waals surface area contributed by atoms with E-state index in [1.807, 2.05) is 0 Å². The molecule has 2 N–H and O–H groups in total. The highest BCUT2D eigenvalue weighted by atomic mass is 32.2. The van der Waals surface area contributed by atoms with Gasteiger partial charge in [-0.25, -0.2) is 0 Å². The molecule has 0 aliphatic heterocycles. The molecule has 0 fully saturated rings. The summed E-state index contributed by atoms with van der Waals surface area (Å²) in [6.07, 6.45) is -19.1. The maximum absolute atomic E-state index is 15.0. The molecule has 6 aromatic rings. The first-order chi connectivity index (χ1) is 28.1. The van der Waals surface area contributed by atoms with Gasteiger partial charge < -0.3 is 10.6 Å². The van der Waals surface area contributed by atoms with Crippen molar-refractivity contribution in [2.24, 2.45) is 0 Å². The minimum Gasteiger partial charge on any atom is -0.355 e. The molecule has 0 radical (unpaired) electrons. The number of rotatable bonds is 8. The van der Waals surface area contributed by atoms with Crippen LogP contribution >= 0.6 is 23.5 Å². The van der Waals surface area contributed by atoms with Gasteiger partial charge in [0, 0.05) is 42.1 Å². The van der Waals surface area contributed by atoms with Crippen molar-refractivity contribution in [3.63, 3.8) is 0 Å². The summed E-state index contributed by atoms with van der Waals surface area (Å²) in [7, 11) is 0. The van der Waals surface area contributed by atoms with E-state index in [2.05, 4.69) is 10.6 Å². The topological polar surface area (TPSA) is 58.2 Å². The van der Waals surface area contributed by atoms with Gasteiger partial charge in [0.25, 0.3) is 0 Å². The maximum atomic E-state index is 15.0. The van der Waals surface area contributed by atoms with Crippen LogP contribution in [0.25, 0.3) is 0 Å². The van der Waals surface area contributed by atoms with Crippen LogP contribution < -0.4 is 10.6 Å². The summed E-state index contributed by atoms with van der Waals surface area (Å²) in [5.74, 6) is -1.97. The summed E-state index contributed by atoms with van der Waals surface area (Å²) in [5.41, 5.74) is -6.78. The van der Waals surface area contributed by atoms with Gasteiger partial charge in [-0.15, -0.1) is 0 Å². The molecule has 0 spiro atoms. The summed E-state index contributed by atoms with van der Waals surface area (Å²) in [5, 5.41) is 5.44. The third-order valence-corrected chi connectivity index (χ3v) is 11.1. The van der Waals surface area contributed by atoms with Crippen molar-refractivity contribution >= 4 is 57.8 Å². The number of hydrogen-bond donors (Lipinski definition) is 2.